The first-order chi connectivity index (χ1) is 9.65. The summed E-state index contributed by atoms with van der Waals surface area (Å²) in [7, 11) is 1.76. The Kier molecular flexibility index (Phi) is 5.44. The average Bonchev–Trinajstić information content (AvgIpc) is 2.47. The number of nitrogens with zero attached hydrogens (tertiary/aromatic N) is 1. The molecule has 0 bridgehead atoms. The smallest absolute Gasteiger partial charge is 0.123 e. The van der Waals surface area contributed by atoms with E-state index >= 15 is 0 Å². The van der Waals surface area contributed by atoms with E-state index in [9.17, 15) is 0 Å². The largest absolute Gasteiger partial charge is 0.496 e. The van der Waals surface area contributed by atoms with Gasteiger partial charge in [0.1, 0.15) is 5.75 Å². The lowest BCUT2D eigenvalue weighted by Gasteiger charge is -2.37. The highest BCUT2D eigenvalue weighted by Gasteiger charge is 2.25. The van der Waals surface area contributed by atoms with E-state index in [1.807, 2.05) is 0 Å². The molecule has 1 heterocycles. The van der Waals surface area contributed by atoms with Gasteiger partial charge in [-0.2, -0.15) is 0 Å². The molecule has 2 unspecified atom stereocenters. The molecule has 1 aromatic carbocycles. The van der Waals surface area contributed by atoms with E-state index in [-0.39, 0.29) is 0 Å². The minimum Gasteiger partial charge on any atom is -0.496 e. The molecule has 0 amide bonds. The number of hydrogen-bond acceptors (Lipinski definition) is 3. The molecule has 0 spiro atoms. The predicted octanol–water partition coefficient (Wildman–Crippen LogP) is 3.13. The van der Waals surface area contributed by atoms with Crippen LogP contribution in [0.4, 0.5) is 0 Å². The van der Waals surface area contributed by atoms with Gasteiger partial charge in [0, 0.05) is 18.2 Å². The maximum absolute atomic E-state index is 5.72. The normalized spacial score (nSPS) is 21.7. The lowest BCUT2D eigenvalue weighted by molar-refractivity contribution is 0.126. The van der Waals surface area contributed by atoms with Crippen LogP contribution in [-0.4, -0.2) is 31.6 Å². The van der Waals surface area contributed by atoms with Crippen molar-refractivity contribution in [2.45, 2.75) is 39.2 Å². The summed E-state index contributed by atoms with van der Waals surface area (Å²) in [5, 5.41) is 0. The van der Waals surface area contributed by atoms with Crippen molar-refractivity contribution >= 4 is 0 Å². The van der Waals surface area contributed by atoms with Crippen molar-refractivity contribution in [1.29, 1.82) is 0 Å². The molecule has 112 valence electrons. The van der Waals surface area contributed by atoms with Gasteiger partial charge in [0.05, 0.1) is 7.11 Å². The third-order valence-corrected chi connectivity index (χ3v) is 4.51. The summed E-state index contributed by atoms with van der Waals surface area (Å²) in [6, 6.07) is 6.87. The molecule has 0 aromatic heterocycles. The van der Waals surface area contributed by atoms with Crippen molar-refractivity contribution in [3.63, 3.8) is 0 Å². The second-order valence-electron chi connectivity index (χ2n) is 6.00. The molecule has 1 saturated heterocycles. The van der Waals surface area contributed by atoms with Gasteiger partial charge in [-0.05, 0) is 58.2 Å². The summed E-state index contributed by atoms with van der Waals surface area (Å²) in [5.41, 5.74) is 8.32. The highest BCUT2D eigenvalue weighted by atomic mass is 16.5. The van der Waals surface area contributed by atoms with Crippen molar-refractivity contribution in [2.24, 2.45) is 11.7 Å². The van der Waals surface area contributed by atoms with Crippen LogP contribution in [0.1, 0.15) is 43.4 Å². The number of nitrogens with two attached hydrogens (primary N) is 1. The third kappa shape index (κ3) is 3.53. The van der Waals surface area contributed by atoms with E-state index in [1.54, 1.807) is 7.11 Å². The minimum absolute atomic E-state index is 0.408. The van der Waals surface area contributed by atoms with Gasteiger partial charge in [-0.1, -0.05) is 17.7 Å². The first kappa shape index (κ1) is 15.3. The van der Waals surface area contributed by atoms with Gasteiger partial charge in [-0.3, -0.25) is 4.90 Å². The summed E-state index contributed by atoms with van der Waals surface area (Å²) in [6.45, 7) is 7.58. The Bertz CT molecular complexity index is 431. The average molecular weight is 276 g/mol. The molecule has 0 radical (unpaired) electrons. The molecule has 1 aromatic rings. The van der Waals surface area contributed by atoms with E-state index in [2.05, 4.69) is 36.9 Å². The number of piperidine rings is 1. The van der Waals surface area contributed by atoms with Crippen molar-refractivity contribution in [3.05, 3.63) is 29.3 Å². The van der Waals surface area contributed by atoms with Gasteiger partial charge in [-0.15, -0.1) is 0 Å². The zero-order chi connectivity index (χ0) is 14.5. The van der Waals surface area contributed by atoms with Crippen LogP contribution >= 0.6 is 0 Å². The maximum atomic E-state index is 5.72. The van der Waals surface area contributed by atoms with Crippen LogP contribution < -0.4 is 10.5 Å². The molecule has 1 fully saturated rings. The summed E-state index contributed by atoms with van der Waals surface area (Å²) in [6.07, 6.45) is 3.75. The Hall–Kier alpha value is -1.06. The molecule has 2 rings (SSSR count). The second-order valence-corrected chi connectivity index (χ2v) is 6.00. The quantitative estimate of drug-likeness (QED) is 0.898. The molecule has 3 nitrogen and oxygen atoms in total. The molecule has 1 aliphatic rings. The Morgan fingerprint density at radius 2 is 2.25 bits per heavy atom. The molecular weight excluding hydrogens is 248 g/mol. The van der Waals surface area contributed by atoms with Crippen LogP contribution in [0, 0.1) is 12.8 Å². The molecule has 20 heavy (non-hydrogen) atoms. The first-order valence-corrected chi connectivity index (χ1v) is 7.74. The van der Waals surface area contributed by atoms with Crippen LogP contribution in [0.3, 0.4) is 0 Å². The molecular formula is C17H28N2O. The number of hydrogen-bond donors (Lipinski definition) is 1. The van der Waals surface area contributed by atoms with Crippen LogP contribution in [-0.2, 0) is 0 Å². The Morgan fingerprint density at radius 3 is 2.95 bits per heavy atom. The van der Waals surface area contributed by atoms with Crippen molar-refractivity contribution < 1.29 is 4.74 Å². The van der Waals surface area contributed by atoms with E-state index in [0.29, 0.717) is 6.04 Å². The van der Waals surface area contributed by atoms with Gasteiger partial charge < -0.3 is 10.5 Å². The lowest BCUT2D eigenvalue weighted by Crippen LogP contribution is -2.38. The van der Waals surface area contributed by atoms with Crippen LogP contribution in [0.15, 0.2) is 18.2 Å². The fourth-order valence-electron chi connectivity index (χ4n) is 3.30. The lowest BCUT2D eigenvalue weighted by atomic mass is 9.92. The number of ether oxygens (including phenoxy) is 1. The van der Waals surface area contributed by atoms with Gasteiger partial charge in [0.25, 0.3) is 0 Å². The fourth-order valence-corrected chi connectivity index (χ4v) is 3.30. The molecule has 3 heteroatoms. The van der Waals surface area contributed by atoms with Crippen molar-refractivity contribution in [3.8, 4) is 5.75 Å². The van der Waals surface area contributed by atoms with Crippen LogP contribution in [0.2, 0.25) is 0 Å². The number of rotatable bonds is 5. The predicted molar refractivity (Wildman–Crippen MR) is 84.1 cm³/mol. The van der Waals surface area contributed by atoms with E-state index in [4.69, 9.17) is 10.5 Å². The summed E-state index contributed by atoms with van der Waals surface area (Å²) >= 11 is 0. The van der Waals surface area contributed by atoms with E-state index in [0.717, 1.165) is 31.2 Å². The summed E-state index contributed by atoms with van der Waals surface area (Å²) in [4.78, 5) is 2.58. The highest BCUT2D eigenvalue weighted by Crippen LogP contribution is 2.33. The minimum atomic E-state index is 0.408. The Balaban J connectivity index is 2.13. The summed E-state index contributed by atoms with van der Waals surface area (Å²) < 4.78 is 5.54. The van der Waals surface area contributed by atoms with Crippen molar-refractivity contribution in [2.75, 3.05) is 26.7 Å². The number of likely N-dealkylation sites (tertiary alicyclic amines) is 1. The zero-order valence-corrected chi connectivity index (χ0v) is 13.1. The van der Waals surface area contributed by atoms with Crippen LogP contribution in [0.5, 0.6) is 5.75 Å². The number of benzene rings is 1. The first-order valence-electron chi connectivity index (χ1n) is 7.74. The van der Waals surface area contributed by atoms with E-state index < -0.39 is 0 Å². The Labute approximate surface area is 123 Å². The second kappa shape index (κ2) is 7.09. The Morgan fingerprint density at radius 1 is 1.45 bits per heavy atom. The van der Waals surface area contributed by atoms with Gasteiger partial charge >= 0.3 is 0 Å². The van der Waals surface area contributed by atoms with Gasteiger partial charge in [0.2, 0.25) is 0 Å². The number of methoxy groups -OCH3 is 1. The number of aryl methyl sites for hydroxylation is 1. The maximum Gasteiger partial charge on any atom is 0.123 e. The third-order valence-electron chi connectivity index (χ3n) is 4.51. The standard InChI is InChI=1S/C17H28N2O/c1-13-6-7-17(20-3)16(11-13)14(2)19-10-4-5-15(12-19)8-9-18/h6-7,11,14-15H,4-5,8-10,12,18H2,1-3H3. The van der Waals surface area contributed by atoms with E-state index in [1.165, 1.54) is 30.5 Å². The summed E-state index contributed by atoms with van der Waals surface area (Å²) in [5.74, 6) is 1.76. The molecule has 0 aliphatic carbocycles. The van der Waals surface area contributed by atoms with Crippen LogP contribution in [0.25, 0.3) is 0 Å². The topological polar surface area (TPSA) is 38.5 Å². The molecule has 0 saturated carbocycles. The SMILES string of the molecule is COc1ccc(C)cc1C(C)N1CCCC(CCN)C1. The van der Waals surface area contributed by atoms with Crippen molar-refractivity contribution in [1.82, 2.24) is 4.90 Å². The fraction of sp³-hybridized carbons (Fsp3) is 0.647. The van der Waals surface area contributed by atoms with Gasteiger partial charge in [-0.25, -0.2) is 0 Å². The molecule has 1 aliphatic heterocycles. The van der Waals surface area contributed by atoms with Gasteiger partial charge in [0.15, 0.2) is 0 Å². The molecule has 2 N–H and O–H groups in total. The zero-order valence-electron chi connectivity index (χ0n) is 13.1. The highest BCUT2D eigenvalue weighted by molar-refractivity contribution is 5.39. The monoisotopic (exact) mass is 276 g/mol. The molecule has 2 atom stereocenters.